The molecule has 1 heterocycles. The third-order valence-corrected chi connectivity index (χ3v) is 5.53. The lowest BCUT2D eigenvalue weighted by molar-refractivity contribution is 0.0732. The van der Waals surface area contributed by atoms with Gasteiger partial charge in [-0.2, -0.15) is 0 Å². The molecule has 34 heavy (non-hydrogen) atoms. The zero-order chi connectivity index (χ0) is 24.4. The van der Waals surface area contributed by atoms with Crippen molar-refractivity contribution in [1.29, 1.82) is 0 Å². The third kappa shape index (κ3) is 4.45. The molecule has 1 aliphatic rings. The highest BCUT2D eigenvalue weighted by Gasteiger charge is 2.30. The maximum atomic E-state index is 12.9. The first-order valence-electron chi connectivity index (χ1n) is 10.6. The molecule has 0 saturated heterocycles. The number of esters is 1. The van der Waals surface area contributed by atoms with E-state index >= 15 is 0 Å². The summed E-state index contributed by atoms with van der Waals surface area (Å²) in [6.45, 7) is 1.75. The molecule has 0 atom stereocenters. The molecule has 0 saturated carbocycles. The summed E-state index contributed by atoms with van der Waals surface area (Å²) in [5, 5.41) is 0. The number of nitrogens with zero attached hydrogens (tertiary/aromatic N) is 1. The summed E-state index contributed by atoms with van der Waals surface area (Å²) in [5.74, 6) is 1.05. The van der Waals surface area contributed by atoms with Gasteiger partial charge in [0.05, 0.1) is 25.3 Å². The van der Waals surface area contributed by atoms with Crippen LogP contribution in [0.25, 0.3) is 6.08 Å². The molecule has 0 fully saturated rings. The van der Waals surface area contributed by atoms with Crippen molar-refractivity contribution in [2.45, 2.75) is 6.92 Å². The highest BCUT2D eigenvalue weighted by atomic mass is 16.5. The lowest BCUT2D eigenvalue weighted by atomic mass is 10.1. The van der Waals surface area contributed by atoms with Gasteiger partial charge in [0.25, 0.3) is 0 Å². The van der Waals surface area contributed by atoms with Gasteiger partial charge in [0.2, 0.25) is 5.78 Å². The van der Waals surface area contributed by atoms with Gasteiger partial charge in [-0.15, -0.1) is 0 Å². The lowest BCUT2D eigenvalue weighted by Gasteiger charge is -2.12. The van der Waals surface area contributed by atoms with E-state index in [0.29, 0.717) is 34.1 Å². The van der Waals surface area contributed by atoms with E-state index in [9.17, 15) is 9.59 Å². The molecule has 174 valence electrons. The van der Waals surface area contributed by atoms with Crippen LogP contribution in [0.5, 0.6) is 23.0 Å². The zero-order valence-corrected chi connectivity index (χ0v) is 19.7. The van der Waals surface area contributed by atoms with Crippen molar-refractivity contribution in [3.63, 3.8) is 0 Å². The van der Waals surface area contributed by atoms with Crippen LogP contribution in [-0.2, 0) is 0 Å². The Kier molecular flexibility index (Phi) is 6.27. The van der Waals surface area contributed by atoms with E-state index in [1.165, 1.54) is 14.2 Å². The van der Waals surface area contributed by atoms with E-state index in [4.69, 9.17) is 18.9 Å². The van der Waals surface area contributed by atoms with Crippen LogP contribution in [0.2, 0.25) is 0 Å². The Morgan fingerprint density at radius 2 is 1.59 bits per heavy atom. The highest BCUT2D eigenvalue weighted by molar-refractivity contribution is 6.15. The SMILES string of the molecule is COc1cc(OC)cc(C(=O)Oc2ccc3c(c2C)O/C(=C\c2ccc(N(C)C)cc2)C3=O)c1. The molecule has 1 aliphatic heterocycles. The van der Waals surface area contributed by atoms with E-state index in [1.54, 1.807) is 43.3 Å². The summed E-state index contributed by atoms with van der Waals surface area (Å²) in [5.41, 5.74) is 3.16. The number of fused-ring (bicyclic) bond motifs is 1. The van der Waals surface area contributed by atoms with Crippen molar-refractivity contribution < 1.29 is 28.5 Å². The summed E-state index contributed by atoms with van der Waals surface area (Å²) in [6, 6.07) is 15.8. The van der Waals surface area contributed by atoms with E-state index in [2.05, 4.69) is 0 Å². The Balaban J connectivity index is 1.58. The van der Waals surface area contributed by atoms with E-state index < -0.39 is 5.97 Å². The van der Waals surface area contributed by atoms with Crippen LogP contribution in [0.1, 0.15) is 31.8 Å². The Hall–Kier alpha value is -4.26. The molecule has 0 N–H and O–H groups in total. The number of methoxy groups -OCH3 is 2. The van der Waals surface area contributed by atoms with Gasteiger partial charge in [0.15, 0.2) is 5.76 Å². The van der Waals surface area contributed by atoms with Crippen molar-refractivity contribution in [3.8, 4) is 23.0 Å². The smallest absolute Gasteiger partial charge is 0.343 e. The third-order valence-electron chi connectivity index (χ3n) is 5.53. The number of carbonyl (C=O) groups excluding carboxylic acids is 2. The van der Waals surface area contributed by atoms with Crippen molar-refractivity contribution >= 4 is 23.5 Å². The number of hydrogen-bond acceptors (Lipinski definition) is 7. The molecule has 7 heteroatoms. The molecular weight excluding hydrogens is 434 g/mol. The summed E-state index contributed by atoms with van der Waals surface area (Å²) in [7, 11) is 6.94. The quantitative estimate of drug-likeness (QED) is 0.294. The molecular formula is C27H25NO6. The monoisotopic (exact) mass is 459 g/mol. The molecule has 0 aromatic heterocycles. The van der Waals surface area contributed by atoms with Gasteiger partial charge in [0, 0.05) is 31.4 Å². The molecule has 0 amide bonds. The number of allylic oxidation sites excluding steroid dienone is 1. The van der Waals surface area contributed by atoms with Crippen LogP contribution in [0.3, 0.4) is 0 Å². The Bertz CT molecular complexity index is 1270. The van der Waals surface area contributed by atoms with Gasteiger partial charge >= 0.3 is 5.97 Å². The normalized spacial score (nSPS) is 13.3. The second-order valence-electron chi connectivity index (χ2n) is 7.98. The van der Waals surface area contributed by atoms with Crippen molar-refractivity contribution in [1.82, 2.24) is 0 Å². The fourth-order valence-corrected chi connectivity index (χ4v) is 3.58. The minimum atomic E-state index is -0.582. The number of Topliss-reactive ketones (excluding diaryl/α,β-unsaturated/α-hetero) is 1. The Morgan fingerprint density at radius 1 is 0.941 bits per heavy atom. The Labute approximate surface area is 198 Å². The summed E-state index contributed by atoms with van der Waals surface area (Å²) in [6.07, 6.45) is 1.70. The first-order chi connectivity index (χ1) is 16.3. The summed E-state index contributed by atoms with van der Waals surface area (Å²) < 4.78 is 22.0. The summed E-state index contributed by atoms with van der Waals surface area (Å²) >= 11 is 0. The maximum Gasteiger partial charge on any atom is 0.343 e. The minimum Gasteiger partial charge on any atom is -0.497 e. The van der Waals surface area contributed by atoms with Gasteiger partial charge in [-0.3, -0.25) is 4.79 Å². The molecule has 4 rings (SSSR count). The number of ether oxygens (including phenoxy) is 4. The highest BCUT2D eigenvalue weighted by Crippen LogP contribution is 2.39. The number of hydrogen-bond donors (Lipinski definition) is 0. The van der Waals surface area contributed by atoms with E-state index in [-0.39, 0.29) is 17.1 Å². The topological polar surface area (TPSA) is 74.3 Å². The van der Waals surface area contributed by atoms with Crippen LogP contribution >= 0.6 is 0 Å². The van der Waals surface area contributed by atoms with Crippen molar-refractivity contribution in [2.75, 3.05) is 33.2 Å². The molecule has 7 nitrogen and oxygen atoms in total. The average molecular weight is 459 g/mol. The first kappa shape index (κ1) is 22.9. The van der Waals surface area contributed by atoms with Gasteiger partial charge in [0.1, 0.15) is 23.0 Å². The fourth-order valence-electron chi connectivity index (χ4n) is 3.58. The Morgan fingerprint density at radius 3 is 2.18 bits per heavy atom. The van der Waals surface area contributed by atoms with Gasteiger partial charge in [-0.1, -0.05) is 12.1 Å². The predicted octanol–water partition coefficient (Wildman–Crippen LogP) is 4.91. The van der Waals surface area contributed by atoms with Gasteiger partial charge in [-0.05, 0) is 55.0 Å². The minimum absolute atomic E-state index is 0.217. The lowest BCUT2D eigenvalue weighted by Crippen LogP contribution is -2.10. The summed E-state index contributed by atoms with van der Waals surface area (Å²) in [4.78, 5) is 27.7. The molecule has 0 radical (unpaired) electrons. The molecule has 0 bridgehead atoms. The molecule has 0 unspecified atom stereocenters. The van der Waals surface area contributed by atoms with Crippen LogP contribution in [-0.4, -0.2) is 40.1 Å². The largest absolute Gasteiger partial charge is 0.497 e. The maximum absolute atomic E-state index is 12.9. The second-order valence-corrected chi connectivity index (χ2v) is 7.98. The standard InChI is InChI=1S/C27H25NO6/c1-16-23(34-27(30)18-13-20(31-4)15-21(14-18)32-5)11-10-22-25(29)24(33-26(16)22)12-17-6-8-19(9-7-17)28(2)3/h6-15H,1-5H3/b24-12-. The predicted molar refractivity (Wildman–Crippen MR) is 129 cm³/mol. The van der Waals surface area contributed by atoms with E-state index in [1.807, 2.05) is 43.3 Å². The van der Waals surface area contributed by atoms with Gasteiger partial charge in [-0.25, -0.2) is 4.79 Å². The number of rotatable bonds is 6. The number of ketones is 1. The van der Waals surface area contributed by atoms with Crippen molar-refractivity contribution in [3.05, 3.63) is 82.6 Å². The van der Waals surface area contributed by atoms with Crippen LogP contribution < -0.4 is 23.8 Å². The van der Waals surface area contributed by atoms with E-state index in [0.717, 1.165) is 11.3 Å². The molecule has 3 aromatic carbocycles. The average Bonchev–Trinajstić information content (AvgIpc) is 3.16. The molecule has 3 aromatic rings. The van der Waals surface area contributed by atoms with Crippen LogP contribution in [0.4, 0.5) is 5.69 Å². The number of benzene rings is 3. The number of carbonyl (C=O) groups is 2. The zero-order valence-electron chi connectivity index (χ0n) is 19.7. The van der Waals surface area contributed by atoms with Gasteiger partial charge < -0.3 is 23.8 Å². The molecule has 0 spiro atoms. The van der Waals surface area contributed by atoms with Crippen molar-refractivity contribution in [2.24, 2.45) is 0 Å². The van der Waals surface area contributed by atoms with Crippen LogP contribution in [0.15, 0.2) is 60.4 Å². The molecule has 0 aliphatic carbocycles. The number of anilines is 1. The first-order valence-corrected chi connectivity index (χ1v) is 10.6. The second kappa shape index (κ2) is 9.31. The fraction of sp³-hybridized carbons (Fsp3) is 0.185. The van der Waals surface area contributed by atoms with Crippen LogP contribution in [0, 0.1) is 6.92 Å².